The number of nitrogens with one attached hydrogen (secondary N) is 1. The van der Waals surface area contributed by atoms with Gasteiger partial charge in [-0.2, -0.15) is 5.26 Å². The van der Waals surface area contributed by atoms with Gasteiger partial charge in [-0.1, -0.05) is 19.1 Å². The first-order valence-electron chi connectivity index (χ1n) is 12.1. The summed E-state index contributed by atoms with van der Waals surface area (Å²) in [4.78, 5) is 32.9. The number of benzene rings is 1. The van der Waals surface area contributed by atoms with E-state index in [1.54, 1.807) is 0 Å². The second kappa shape index (κ2) is 11.0. The normalized spacial score (nSPS) is 13.6. The zero-order valence-electron chi connectivity index (χ0n) is 21.1. The summed E-state index contributed by atoms with van der Waals surface area (Å²) < 4.78 is 7.43. The fourth-order valence-corrected chi connectivity index (χ4v) is 5.78. The van der Waals surface area contributed by atoms with E-state index in [1.807, 2.05) is 67.6 Å². The van der Waals surface area contributed by atoms with Crippen molar-refractivity contribution in [1.82, 2.24) is 14.5 Å². The molecule has 1 aliphatic heterocycles. The fraction of sp³-hybridized carbons (Fsp3) is 0.407. The van der Waals surface area contributed by atoms with Crippen LogP contribution in [0.1, 0.15) is 59.3 Å². The molecule has 9 heteroatoms. The number of thiophene rings is 1. The molecule has 3 aromatic rings. The number of hydrogen-bond acceptors (Lipinski definition) is 6. The van der Waals surface area contributed by atoms with Crippen LogP contribution in [0.5, 0.6) is 5.75 Å². The molecule has 2 amide bonds. The van der Waals surface area contributed by atoms with Gasteiger partial charge in [-0.05, 0) is 56.4 Å². The van der Waals surface area contributed by atoms with Gasteiger partial charge in [0.25, 0.3) is 0 Å². The SMILES string of the molecule is CCOc1cccc([C@@H](C)CC(=O)Nc2sc3c(c2C#N)CCN(C(=O)Cn2cc(C)nc2C)C3)c1. The van der Waals surface area contributed by atoms with E-state index in [2.05, 4.69) is 16.4 Å². The number of carbonyl (C=O) groups excluding carboxylic acids is 2. The van der Waals surface area contributed by atoms with E-state index in [9.17, 15) is 14.9 Å². The molecule has 3 heterocycles. The monoisotopic (exact) mass is 505 g/mol. The highest BCUT2D eigenvalue weighted by Gasteiger charge is 2.28. The van der Waals surface area contributed by atoms with Crippen LogP contribution < -0.4 is 10.1 Å². The maximum Gasteiger partial charge on any atom is 0.242 e. The first-order chi connectivity index (χ1) is 17.3. The molecule has 0 unspecified atom stereocenters. The lowest BCUT2D eigenvalue weighted by Crippen LogP contribution is -2.37. The third-order valence-corrected chi connectivity index (χ3v) is 7.54. The minimum Gasteiger partial charge on any atom is -0.494 e. The van der Waals surface area contributed by atoms with Gasteiger partial charge in [0.1, 0.15) is 29.2 Å². The summed E-state index contributed by atoms with van der Waals surface area (Å²) in [6.45, 7) is 9.55. The molecule has 1 aliphatic rings. The van der Waals surface area contributed by atoms with Crippen molar-refractivity contribution in [3.8, 4) is 11.8 Å². The third kappa shape index (κ3) is 5.60. The van der Waals surface area contributed by atoms with Crippen molar-refractivity contribution in [1.29, 1.82) is 5.26 Å². The standard InChI is InChI=1S/C27H31N5O3S/c1-5-35-21-8-6-7-20(12-21)17(2)11-25(33)30-27-23(13-28)22-9-10-31(15-24(22)36-27)26(34)16-32-14-18(3)29-19(32)4/h6-8,12,14,17H,5,9-11,15-16H2,1-4H3,(H,30,33)/t17-/m0/s1. The summed E-state index contributed by atoms with van der Waals surface area (Å²) in [5, 5.41) is 13.4. The Morgan fingerprint density at radius 3 is 2.83 bits per heavy atom. The van der Waals surface area contributed by atoms with Crippen molar-refractivity contribution < 1.29 is 14.3 Å². The van der Waals surface area contributed by atoms with Gasteiger partial charge in [0.15, 0.2) is 0 Å². The molecular weight excluding hydrogens is 474 g/mol. The molecule has 1 aromatic carbocycles. The Morgan fingerprint density at radius 2 is 2.14 bits per heavy atom. The second-order valence-corrected chi connectivity index (χ2v) is 10.2. The molecule has 0 aliphatic carbocycles. The van der Waals surface area contributed by atoms with Crippen LogP contribution in [0.3, 0.4) is 0 Å². The van der Waals surface area contributed by atoms with Crippen LogP contribution in [0.2, 0.25) is 0 Å². The Labute approximate surface area is 215 Å². The maximum absolute atomic E-state index is 12.9. The number of rotatable bonds is 8. The van der Waals surface area contributed by atoms with E-state index in [1.165, 1.54) is 11.3 Å². The van der Waals surface area contributed by atoms with Crippen LogP contribution in [0.15, 0.2) is 30.5 Å². The first kappa shape index (κ1) is 25.5. The zero-order chi connectivity index (χ0) is 25.8. The van der Waals surface area contributed by atoms with Gasteiger partial charge in [-0.25, -0.2) is 4.98 Å². The Kier molecular flexibility index (Phi) is 7.75. The Bertz CT molecular complexity index is 1320. The molecule has 1 N–H and O–H groups in total. The van der Waals surface area contributed by atoms with E-state index >= 15 is 0 Å². The van der Waals surface area contributed by atoms with Gasteiger partial charge in [0.05, 0.1) is 24.4 Å². The second-order valence-electron chi connectivity index (χ2n) is 9.10. The van der Waals surface area contributed by atoms with Crippen molar-refractivity contribution >= 4 is 28.2 Å². The molecule has 0 fully saturated rings. The number of carbonyl (C=O) groups is 2. The number of aryl methyl sites for hydroxylation is 2. The average Bonchev–Trinajstić information content (AvgIpc) is 3.35. The van der Waals surface area contributed by atoms with Gasteiger partial charge in [-0.15, -0.1) is 11.3 Å². The summed E-state index contributed by atoms with van der Waals surface area (Å²) in [5.41, 5.74) is 3.37. The van der Waals surface area contributed by atoms with Gasteiger partial charge in [0.2, 0.25) is 11.8 Å². The lowest BCUT2D eigenvalue weighted by molar-refractivity contribution is -0.132. The molecule has 188 valence electrons. The van der Waals surface area contributed by atoms with Crippen molar-refractivity contribution in [2.45, 2.75) is 59.5 Å². The fourth-order valence-electron chi connectivity index (χ4n) is 4.55. The van der Waals surface area contributed by atoms with E-state index in [0.717, 1.165) is 33.3 Å². The van der Waals surface area contributed by atoms with Crippen LogP contribution in [0, 0.1) is 25.2 Å². The summed E-state index contributed by atoms with van der Waals surface area (Å²) in [6.07, 6.45) is 2.76. The Morgan fingerprint density at radius 1 is 1.33 bits per heavy atom. The highest BCUT2D eigenvalue weighted by Crippen LogP contribution is 2.37. The van der Waals surface area contributed by atoms with Crippen molar-refractivity contribution in [2.24, 2.45) is 0 Å². The predicted octanol–water partition coefficient (Wildman–Crippen LogP) is 4.55. The minimum atomic E-state index is -0.140. The minimum absolute atomic E-state index is 0.00564. The molecule has 0 spiro atoms. The van der Waals surface area contributed by atoms with Crippen LogP contribution in [-0.2, 0) is 29.1 Å². The number of fused-ring (bicyclic) bond motifs is 1. The zero-order valence-corrected chi connectivity index (χ0v) is 21.9. The summed E-state index contributed by atoms with van der Waals surface area (Å²) in [7, 11) is 0. The molecule has 0 bridgehead atoms. The van der Waals surface area contributed by atoms with Crippen molar-refractivity contribution in [3.63, 3.8) is 0 Å². The Balaban J connectivity index is 1.42. The van der Waals surface area contributed by atoms with Crippen molar-refractivity contribution in [2.75, 3.05) is 18.5 Å². The van der Waals surface area contributed by atoms with E-state index in [4.69, 9.17) is 4.74 Å². The highest BCUT2D eigenvalue weighted by atomic mass is 32.1. The maximum atomic E-state index is 12.9. The number of nitrogens with zero attached hydrogens (tertiary/aromatic N) is 4. The molecule has 1 atom stereocenters. The molecule has 0 saturated carbocycles. The summed E-state index contributed by atoms with van der Waals surface area (Å²) in [6, 6.07) is 10.1. The van der Waals surface area contributed by atoms with Crippen LogP contribution in [0.4, 0.5) is 5.00 Å². The van der Waals surface area contributed by atoms with Crippen LogP contribution in [0.25, 0.3) is 0 Å². The Hall–Kier alpha value is -3.64. The lowest BCUT2D eigenvalue weighted by atomic mass is 9.97. The molecule has 0 saturated heterocycles. The summed E-state index contributed by atoms with van der Waals surface area (Å²) >= 11 is 1.39. The number of amides is 2. The highest BCUT2D eigenvalue weighted by molar-refractivity contribution is 7.16. The number of anilines is 1. The predicted molar refractivity (Wildman–Crippen MR) is 139 cm³/mol. The number of ether oxygens (including phenoxy) is 1. The van der Waals surface area contributed by atoms with E-state index < -0.39 is 0 Å². The number of nitriles is 1. The van der Waals surface area contributed by atoms with Crippen molar-refractivity contribution in [3.05, 3.63) is 63.5 Å². The number of hydrogen-bond donors (Lipinski definition) is 1. The van der Waals surface area contributed by atoms with Crippen LogP contribution in [-0.4, -0.2) is 39.4 Å². The number of aromatic nitrogens is 2. The molecule has 4 rings (SSSR count). The quantitative estimate of drug-likeness (QED) is 0.484. The molecular formula is C27H31N5O3S. The van der Waals surface area contributed by atoms with Crippen LogP contribution >= 0.6 is 11.3 Å². The van der Waals surface area contributed by atoms with Gasteiger partial charge in [0, 0.05) is 24.0 Å². The van der Waals surface area contributed by atoms with Gasteiger partial charge in [-0.3, -0.25) is 9.59 Å². The largest absolute Gasteiger partial charge is 0.494 e. The smallest absolute Gasteiger partial charge is 0.242 e. The summed E-state index contributed by atoms with van der Waals surface area (Å²) in [5.74, 6) is 1.47. The topological polar surface area (TPSA) is 100 Å². The number of imidazole rings is 1. The van der Waals surface area contributed by atoms with Gasteiger partial charge < -0.3 is 19.5 Å². The third-order valence-electron chi connectivity index (χ3n) is 6.41. The molecule has 2 aromatic heterocycles. The van der Waals surface area contributed by atoms with Gasteiger partial charge >= 0.3 is 0 Å². The lowest BCUT2D eigenvalue weighted by Gasteiger charge is -2.27. The molecule has 36 heavy (non-hydrogen) atoms. The molecule has 8 nitrogen and oxygen atoms in total. The average molecular weight is 506 g/mol. The van der Waals surface area contributed by atoms with E-state index in [-0.39, 0.29) is 30.7 Å². The first-order valence-corrected chi connectivity index (χ1v) is 13.0. The molecule has 0 radical (unpaired) electrons. The van der Waals surface area contributed by atoms with E-state index in [0.29, 0.717) is 36.7 Å².